The van der Waals surface area contributed by atoms with Crippen LogP contribution >= 0.6 is 0 Å². The summed E-state index contributed by atoms with van der Waals surface area (Å²) in [6.45, 7) is 4.25. The zero-order valence-electron chi connectivity index (χ0n) is 14.4. The minimum atomic E-state index is 0.112. The maximum atomic E-state index is 12.8. The second kappa shape index (κ2) is 6.11. The smallest absolute Gasteiger partial charge is 0.228 e. The summed E-state index contributed by atoms with van der Waals surface area (Å²) in [5.74, 6) is 1.43. The van der Waals surface area contributed by atoms with E-state index in [4.69, 9.17) is 4.74 Å². The second-order valence-electron chi connectivity index (χ2n) is 7.52. The van der Waals surface area contributed by atoms with Crippen molar-refractivity contribution in [2.24, 2.45) is 5.92 Å². The predicted molar refractivity (Wildman–Crippen MR) is 94.0 cm³/mol. The van der Waals surface area contributed by atoms with Gasteiger partial charge in [0.25, 0.3) is 0 Å². The first-order valence-corrected chi connectivity index (χ1v) is 9.36. The zero-order chi connectivity index (χ0) is 16.8. The molecule has 5 rings (SSSR count). The van der Waals surface area contributed by atoms with E-state index in [2.05, 4.69) is 20.9 Å². The molecule has 25 heavy (non-hydrogen) atoms. The average Bonchev–Trinajstić information content (AvgIpc) is 3.36. The second-order valence-corrected chi connectivity index (χ2v) is 7.52. The SMILES string of the molecule is O=C(C1CC2CCC1O2)N1CCN(Cc2nc3ccccc3[nH]2)CC1. The molecule has 0 aliphatic carbocycles. The first-order chi connectivity index (χ1) is 12.3. The van der Waals surface area contributed by atoms with E-state index in [0.29, 0.717) is 12.0 Å². The highest BCUT2D eigenvalue weighted by Gasteiger charge is 2.45. The Bertz CT molecular complexity index is 748. The van der Waals surface area contributed by atoms with Crippen molar-refractivity contribution in [1.82, 2.24) is 19.8 Å². The molecule has 1 amide bonds. The molecule has 3 fully saturated rings. The van der Waals surface area contributed by atoms with E-state index in [1.54, 1.807) is 0 Å². The summed E-state index contributed by atoms with van der Waals surface area (Å²) in [5, 5.41) is 0. The molecular weight excluding hydrogens is 316 g/mol. The van der Waals surface area contributed by atoms with Gasteiger partial charge in [-0.15, -0.1) is 0 Å². The van der Waals surface area contributed by atoms with Gasteiger partial charge in [-0.1, -0.05) is 12.1 Å². The molecule has 3 saturated heterocycles. The molecule has 3 aliphatic rings. The Balaban J connectivity index is 1.18. The number of hydrogen-bond donors (Lipinski definition) is 1. The Labute approximate surface area is 147 Å². The van der Waals surface area contributed by atoms with Gasteiger partial charge in [0.05, 0.1) is 35.7 Å². The minimum Gasteiger partial charge on any atom is -0.374 e. The maximum Gasteiger partial charge on any atom is 0.228 e. The average molecular weight is 340 g/mol. The van der Waals surface area contributed by atoms with E-state index in [1.165, 1.54) is 0 Å². The lowest BCUT2D eigenvalue weighted by Crippen LogP contribution is -2.51. The van der Waals surface area contributed by atoms with Gasteiger partial charge in [-0.3, -0.25) is 9.69 Å². The molecule has 3 atom stereocenters. The van der Waals surface area contributed by atoms with Crippen LogP contribution in [0.1, 0.15) is 25.1 Å². The highest BCUT2D eigenvalue weighted by atomic mass is 16.5. The number of aromatic amines is 1. The summed E-state index contributed by atoms with van der Waals surface area (Å²) in [5.41, 5.74) is 2.10. The number of nitrogens with one attached hydrogen (secondary N) is 1. The van der Waals surface area contributed by atoms with Gasteiger partial charge in [0, 0.05) is 26.2 Å². The van der Waals surface area contributed by atoms with Gasteiger partial charge in [-0.2, -0.15) is 0 Å². The summed E-state index contributed by atoms with van der Waals surface area (Å²) < 4.78 is 5.86. The molecule has 0 saturated carbocycles. The molecular formula is C19H24N4O2. The number of H-pyrrole nitrogens is 1. The Hall–Kier alpha value is -1.92. The van der Waals surface area contributed by atoms with Gasteiger partial charge in [0.2, 0.25) is 5.91 Å². The molecule has 1 aromatic heterocycles. The summed E-state index contributed by atoms with van der Waals surface area (Å²) in [6.07, 6.45) is 3.66. The third-order valence-electron chi connectivity index (χ3n) is 5.92. The van der Waals surface area contributed by atoms with Crippen LogP contribution < -0.4 is 0 Å². The fraction of sp³-hybridized carbons (Fsp3) is 0.579. The van der Waals surface area contributed by atoms with Crippen molar-refractivity contribution in [1.29, 1.82) is 0 Å². The summed E-state index contributed by atoms with van der Waals surface area (Å²) >= 11 is 0. The highest BCUT2D eigenvalue weighted by molar-refractivity contribution is 5.80. The number of nitrogens with zero attached hydrogens (tertiary/aromatic N) is 3. The Morgan fingerprint density at radius 2 is 2.04 bits per heavy atom. The van der Waals surface area contributed by atoms with Gasteiger partial charge < -0.3 is 14.6 Å². The standard InChI is InChI=1S/C19H24N4O2/c24-19(14-11-13-5-6-17(14)25-13)23-9-7-22(8-10-23)12-18-20-15-3-1-2-4-16(15)21-18/h1-4,13-14,17H,5-12H2,(H,20,21). The van der Waals surface area contributed by atoms with Crippen molar-refractivity contribution in [3.63, 3.8) is 0 Å². The lowest BCUT2D eigenvalue weighted by atomic mass is 9.88. The van der Waals surface area contributed by atoms with Crippen LogP contribution in [0, 0.1) is 5.92 Å². The van der Waals surface area contributed by atoms with Crippen LogP contribution in [-0.4, -0.2) is 64.1 Å². The number of rotatable bonds is 3. The number of para-hydroxylation sites is 2. The van der Waals surface area contributed by atoms with E-state index in [9.17, 15) is 4.79 Å². The number of ether oxygens (including phenoxy) is 1. The van der Waals surface area contributed by atoms with Crippen LogP contribution in [0.15, 0.2) is 24.3 Å². The molecule has 1 aromatic carbocycles. The number of carbonyl (C=O) groups excluding carboxylic acids is 1. The van der Waals surface area contributed by atoms with E-state index in [0.717, 1.165) is 68.8 Å². The topological polar surface area (TPSA) is 61.5 Å². The highest BCUT2D eigenvalue weighted by Crippen LogP contribution is 2.39. The summed E-state index contributed by atoms with van der Waals surface area (Å²) in [7, 11) is 0. The molecule has 3 aliphatic heterocycles. The first kappa shape index (κ1) is 15.3. The monoisotopic (exact) mass is 340 g/mol. The molecule has 4 heterocycles. The predicted octanol–water partition coefficient (Wildman–Crippen LogP) is 1.77. The normalized spacial score (nSPS) is 29.6. The van der Waals surface area contributed by atoms with Crippen LogP contribution in [0.4, 0.5) is 0 Å². The number of piperazine rings is 1. The number of amides is 1. The van der Waals surface area contributed by atoms with Gasteiger partial charge in [-0.25, -0.2) is 4.98 Å². The van der Waals surface area contributed by atoms with Crippen LogP contribution in [0.3, 0.4) is 0 Å². The molecule has 6 heteroatoms. The molecule has 132 valence electrons. The van der Waals surface area contributed by atoms with Crippen molar-refractivity contribution in [3.8, 4) is 0 Å². The van der Waals surface area contributed by atoms with Crippen LogP contribution in [0.25, 0.3) is 11.0 Å². The molecule has 0 spiro atoms. The van der Waals surface area contributed by atoms with Crippen molar-refractivity contribution >= 4 is 16.9 Å². The number of carbonyl (C=O) groups is 1. The Kier molecular flexibility index (Phi) is 3.75. The Morgan fingerprint density at radius 3 is 2.76 bits per heavy atom. The van der Waals surface area contributed by atoms with Crippen molar-refractivity contribution in [2.75, 3.05) is 26.2 Å². The summed E-state index contributed by atoms with van der Waals surface area (Å²) in [4.78, 5) is 25.2. The third kappa shape index (κ3) is 2.83. The van der Waals surface area contributed by atoms with Crippen molar-refractivity contribution in [3.05, 3.63) is 30.1 Å². The minimum absolute atomic E-state index is 0.112. The molecule has 2 aromatic rings. The number of fused-ring (bicyclic) bond motifs is 3. The fourth-order valence-electron chi connectivity index (χ4n) is 4.55. The fourth-order valence-corrected chi connectivity index (χ4v) is 4.55. The quantitative estimate of drug-likeness (QED) is 0.925. The van der Waals surface area contributed by atoms with Gasteiger partial charge in [0.1, 0.15) is 5.82 Å². The lowest BCUT2D eigenvalue weighted by molar-refractivity contribution is -0.139. The van der Waals surface area contributed by atoms with Gasteiger partial charge in [-0.05, 0) is 31.4 Å². The van der Waals surface area contributed by atoms with E-state index < -0.39 is 0 Å². The summed E-state index contributed by atoms with van der Waals surface area (Å²) in [6, 6.07) is 8.12. The zero-order valence-corrected chi connectivity index (χ0v) is 14.4. The van der Waals surface area contributed by atoms with Gasteiger partial charge in [0.15, 0.2) is 0 Å². The van der Waals surface area contributed by atoms with Crippen LogP contribution in [0.5, 0.6) is 0 Å². The van der Waals surface area contributed by atoms with E-state index >= 15 is 0 Å². The molecule has 6 nitrogen and oxygen atoms in total. The third-order valence-corrected chi connectivity index (χ3v) is 5.92. The molecule has 2 bridgehead atoms. The first-order valence-electron chi connectivity index (χ1n) is 9.36. The maximum absolute atomic E-state index is 12.8. The van der Waals surface area contributed by atoms with Gasteiger partial charge >= 0.3 is 0 Å². The number of imidazole rings is 1. The largest absolute Gasteiger partial charge is 0.374 e. The molecule has 1 N–H and O–H groups in total. The molecule has 0 radical (unpaired) electrons. The van der Waals surface area contributed by atoms with E-state index in [1.807, 2.05) is 23.1 Å². The lowest BCUT2D eigenvalue weighted by Gasteiger charge is -2.36. The molecule has 3 unspecified atom stereocenters. The van der Waals surface area contributed by atoms with Crippen LogP contribution in [-0.2, 0) is 16.1 Å². The number of hydrogen-bond acceptors (Lipinski definition) is 4. The Morgan fingerprint density at radius 1 is 1.20 bits per heavy atom. The number of aromatic nitrogens is 2. The number of benzene rings is 1. The van der Waals surface area contributed by atoms with Crippen LogP contribution in [0.2, 0.25) is 0 Å². The van der Waals surface area contributed by atoms with Crippen molar-refractivity contribution < 1.29 is 9.53 Å². The van der Waals surface area contributed by atoms with E-state index in [-0.39, 0.29) is 12.0 Å². The van der Waals surface area contributed by atoms with Crippen molar-refractivity contribution in [2.45, 2.75) is 38.0 Å².